The summed E-state index contributed by atoms with van der Waals surface area (Å²) in [4.78, 5) is 4.63. The molecule has 1 saturated heterocycles. The number of hydrogen-bond donors (Lipinski definition) is 0. The van der Waals surface area contributed by atoms with Crippen molar-refractivity contribution >= 4 is 10.0 Å². The Hall–Kier alpha value is -2.56. The first-order valence-corrected chi connectivity index (χ1v) is 10.3. The molecule has 148 valence electrons. The Kier molecular flexibility index (Phi) is 4.77. The molecule has 4 rings (SSSR count). The van der Waals surface area contributed by atoms with Crippen LogP contribution < -0.4 is 0 Å². The van der Waals surface area contributed by atoms with Gasteiger partial charge in [0.15, 0.2) is 6.10 Å². The van der Waals surface area contributed by atoms with Crippen LogP contribution in [0.2, 0.25) is 0 Å². The van der Waals surface area contributed by atoms with Gasteiger partial charge in [0.25, 0.3) is 5.89 Å². The van der Waals surface area contributed by atoms with E-state index < -0.39 is 16.1 Å². The van der Waals surface area contributed by atoms with E-state index in [1.54, 1.807) is 14.0 Å². The summed E-state index contributed by atoms with van der Waals surface area (Å²) in [6, 6.07) is 7.72. The fourth-order valence-corrected chi connectivity index (χ4v) is 4.77. The summed E-state index contributed by atoms with van der Waals surface area (Å²) in [5.41, 5.74) is 2.47. The Morgan fingerprint density at radius 1 is 1.21 bits per heavy atom. The van der Waals surface area contributed by atoms with Crippen LogP contribution in [0.4, 0.5) is 0 Å². The fraction of sp³-hybridized carbons (Fsp3) is 0.389. The summed E-state index contributed by atoms with van der Waals surface area (Å²) in [5, 5.41) is 8.08. The molecule has 1 aliphatic rings. The highest BCUT2D eigenvalue weighted by Crippen LogP contribution is 2.28. The van der Waals surface area contributed by atoms with Gasteiger partial charge >= 0.3 is 0 Å². The molecule has 1 aliphatic heterocycles. The summed E-state index contributed by atoms with van der Waals surface area (Å²) in [6.07, 6.45) is 0.753. The minimum Gasteiger partial charge on any atom is -0.366 e. The Balaban J connectivity index is 1.58. The SMILES string of the molecule is Cc1ccccc1-c1noc([C@H]2CN(S(=O)(=O)c3cnn(C)c3C)CCO2)n1. The molecular weight excluding hydrogens is 382 g/mol. The first-order chi connectivity index (χ1) is 13.4. The average Bonchev–Trinajstić information content (AvgIpc) is 3.30. The summed E-state index contributed by atoms with van der Waals surface area (Å²) >= 11 is 0. The van der Waals surface area contributed by atoms with Crippen molar-refractivity contribution in [2.75, 3.05) is 19.7 Å². The lowest BCUT2D eigenvalue weighted by atomic mass is 10.1. The highest BCUT2D eigenvalue weighted by Gasteiger charge is 2.35. The molecule has 0 aliphatic carbocycles. The van der Waals surface area contributed by atoms with Gasteiger partial charge in [-0.05, 0) is 19.4 Å². The van der Waals surface area contributed by atoms with Gasteiger partial charge in [-0.15, -0.1) is 0 Å². The smallest absolute Gasteiger partial charge is 0.257 e. The van der Waals surface area contributed by atoms with E-state index in [-0.39, 0.29) is 30.5 Å². The van der Waals surface area contributed by atoms with E-state index in [2.05, 4.69) is 15.2 Å². The van der Waals surface area contributed by atoms with E-state index in [1.165, 1.54) is 15.2 Å². The van der Waals surface area contributed by atoms with Gasteiger partial charge in [0.05, 0.1) is 18.5 Å². The maximum Gasteiger partial charge on any atom is 0.257 e. The molecule has 1 atom stereocenters. The molecule has 0 radical (unpaired) electrons. The zero-order valence-electron chi connectivity index (χ0n) is 15.9. The lowest BCUT2D eigenvalue weighted by Gasteiger charge is -2.30. The highest BCUT2D eigenvalue weighted by atomic mass is 32.2. The molecule has 0 saturated carbocycles. The summed E-state index contributed by atoms with van der Waals surface area (Å²) in [6.45, 7) is 4.29. The zero-order chi connectivity index (χ0) is 19.9. The number of benzene rings is 1. The zero-order valence-corrected chi connectivity index (χ0v) is 16.7. The monoisotopic (exact) mass is 403 g/mol. The second-order valence-corrected chi connectivity index (χ2v) is 8.62. The highest BCUT2D eigenvalue weighted by molar-refractivity contribution is 7.89. The fourth-order valence-electron chi connectivity index (χ4n) is 3.16. The number of rotatable bonds is 4. The van der Waals surface area contributed by atoms with Crippen molar-refractivity contribution in [2.45, 2.75) is 24.8 Å². The lowest BCUT2D eigenvalue weighted by Crippen LogP contribution is -2.42. The summed E-state index contributed by atoms with van der Waals surface area (Å²) in [5.74, 6) is 0.723. The molecule has 3 aromatic rings. The average molecular weight is 403 g/mol. The molecule has 0 bridgehead atoms. The van der Waals surface area contributed by atoms with Crippen LogP contribution in [-0.2, 0) is 21.8 Å². The molecule has 0 spiro atoms. The van der Waals surface area contributed by atoms with E-state index in [1.807, 2.05) is 31.2 Å². The molecule has 0 unspecified atom stereocenters. The summed E-state index contributed by atoms with van der Waals surface area (Å²) < 4.78 is 40.1. The quantitative estimate of drug-likeness (QED) is 0.655. The van der Waals surface area contributed by atoms with Crippen LogP contribution in [0.3, 0.4) is 0 Å². The normalized spacial score (nSPS) is 18.5. The maximum absolute atomic E-state index is 13.0. The van der Waals surface area contributed by atoms with Crippen LogP contribution in [0, 0.1) is 13.8 Å². The van der Waals surface area contributed by atoms with E-state index in [4.69, 9.17) is 9.26 Å². The standard InChI is InChI=1S/C18H21N5O4S/c1-12-6-4-5-7-14(12)17-20-18(27-21-17)15-11-23(8-9-26-15)28(24,25)16-10-19-22(3)13(16)2/h4-7,10,15H,8-9,11H2,1-3H3/t15-/m1/s1. The predicted octanol–water partition coefficient (Wildman–Crippen LogP) is 1.85. The second-order valence-electron chi connectivity index (χ2n) is 6.71. The van der Waals surface area contributed by atoms with Crippen molar-refractivity contribution in [3.05, 3.63) is 47.6 Å². The van der Waals surface area contributed by atoms with Crippen molar-refractivity contribution in [3.63, 3.8) is 0 Å². The third-order valence-electron chi connectivity index (χ3n) is 4.94. The molecule has 3 heterocycles. The molecule has 10 heteroatoms. The van der Waals surface area contributed by atoms with Gasteiger partial charge in [0.1, 0.15) is 4.90 Å². The number of nitrogens with zero attached hydrogens (tertiary/aromatic N) is 5. The van der Waals surface area contributed by atoms with Crippen LogP contribution in [0.1, 0.15) is 23.3 Å². The van der Waals surface area contributed by atoms with Crippen molar-refractivity contribution in [1.82, 2.24) is 24.2 Å². The van der Waals surface area contributed by atoms with Gasteiger partial charge in [-0.3, -0.25) is 4.68 Å². The van der Waals surface area contributed by atoms with Gasteiger partial charge < -0.3 is 9.26 Å². The van der Waals surface area contributed by atoms with Crippen LogP contribution in [0.15, 0.2) is 39.9 Å². The van der Waals surface area contributed by atoms with Crippen molar-refractivity contribution < 1.29 is 17.7 Å². The van der Waals surface area contributed by atoms with Crippen LogP contribution >= 0.6 is 0 Å². The van der Waals surface area contributed by atoms with Crippen LogP contribution in [-0.4, -0.2) is 52.3 Å². The maximum atomic E-state index is 13.0. The Bertz CT molecular complexity index is 1100. The van der Waals surface area contributed by atoms with Gasteiger partial charge in [-0.2, -0.15) is 14.4 Å². The molecule has 9 nitrogen and oxygen atoms in total. The lowest BCUT2D eigenvalue weighted by molar-refractivity contribution is -0.0199. The first kappa shape index (κ1) is 18.8. The van der Waals surface area contributed by atoms with Crippen LogP contribution in [0.5, 0.6) is 0 Å². The molecule has 1 aromatic carbocycles. The van der Waals surface area contributed by atoms with Crippen molar-refractivity contribution in [1.29, 1.82) is 0 Å². The summed E-state index contributed by atoms with van der Waals surface area (Å²) in [7, 11) is -1.97. The Labute approximate surface area is 163 Å². The molecule has 0 amide bonds. The third-order valence-corrected chi connectivity index (χ3v) is 6.91. The van der Waals surface area contributed by atoms with Crippen molar-refractivity contribution in [3.8, 4) is 11.4 Å². The molecular formula is C18H21N5O4S. The number of aryl methyl sites for hydroxylation is 2. The largest absolute Gasteiger partial charge is 0.366 e. The van der Waals surface area contributed by atoms with Gasteiger partial charge in [-0.1, -0.05) is 29.4 Å². The van der Waals surface area contributed by atoms with E-state index in [0.717, 1.165) is 11.1 Å². The molecule has 2 aromatic heterocycles. The third kappa shape index (κ3) is 3.23. The number of morpholine rings is 1. The predicted molar refractivity (Wildman–Crippen MR) is 99.9 cm³/mol. The number of aromatic nitrogens is 4. The molecule has 1 fully saturated rings. The van der Waals surface area contributed by atoms with Crippen LogP contribution in [0.25, 0.3) is 11.4 Å². The molecule has 0 N–H and O–H groups in total. The minimum atomic E-state index is -3.68. The van der Waals surface area contributed by atoms with E-state index in [0.29, 0.717) is 11.5 Å². The Morgan fingerprint density at radius 2 is 2.00 bits per heavy atom. The Morgan fingerprint density at radius 3 is 2.71 bits per heavy atom. The van der Waals surface area contributed by atoms with Crippen molar-refractivity contribution in [2.24, 2.45) is 7.05 Å². The number of ether oxygens (including phenoxy) is 1. The van der Waals surface area contributed by atoms with Gasteiger partial charge in [-0.25, -0.2) is 8.42 Å². The second kappa shape index (κ2) is 7.12. The van der Waals surface area contributed by atoms with Gasteiger partial charge in [0.2, 0.25) is 15.8 Å². The van der Waals surface area contributed by atoms with E-state index in [9.17, 15) is 8.42 Å². The number of sulfonamides is 1. The van der Waals surface area contributed by atoms with E-state index >= 15 is 0 Å². The minimum absolute atomic E-state index is 0.103. The van der Waals surface area contributed by atoms with Gasteiger partial charge in [0, 0.05) is 25.7 Å². The topological polar surface area (TPSA) is 103 Å². The number of hydrogen-bond acceptors (Lipinski definition) is 7. The first-order valence-electron chi connectivity index (χ1n) is 8.88. The molecule has 28 heavy (non-hydrogen) atoms.